The Bertz CT molecular complexity index is 590. The van der Waals surface area contributed by atoms with Crippen LogP contribution in [0.25, 0.3) is 0 Å². The van der Waals surface area contributed by atoms with Crippen LogP contribution in [-0.4, -0.2) is 26.9 Å². The second-order valence-electron chi connectivity index (χ2n) is 4.18. The molecule has 0 aromatic carbocycles. The number of aryl methyl sites for hydroxylation is 1. The van der Waals surface area contributed by atoms with Gasteiger partial charge < -0.3 is 20.2 Å². The van der Waals surface area contributed by atoms with E-state index >= 15 is 0 Å². The van der Waals surface area contributed by atoms with E-state index in [1.54, 1.807) is 13.1 Å². The summed E-state index contributed by atoms with van der Waals surface area (Å²) in [5.41, 5.74) is 1.19. The summed E-state index contributed by atoms with van der Waals surface area (Å²) in [6.45, 7) is 0.252. The quantitative estimate of drug-likeness (QED) is 0.743. The van der Waals surface area contributed by atoms with E-state index in [-0.39, 0.29) is 6.54 Å². The maximum atomic E-state index is 11.7. The first-order valence-corrected chi connectivity index (χ1v) is 5.83. The molecule has 2 rings (SSSR count). The van der Waals surface area contributed by atoms with Gasteiger partial charge in [-0.1, -0.05) is 0 Å². The number of furan rings is 1. The van der Waals surface area contributed by atoms with E-state index in [0.29, 0.717) is 5.56 Å². The lowest BCUT2D eigenvalue weighted by atomic mass is 10.1. The van der Waals surface area contributed by atoms with E-state index in [9.17, 15) is 9.59 Å². The van der Waals surface area contributed by atoms with Crippen molar-refractivity contribution in [2.75, 3.05) is 0 Å². The van der Waals surface area contributed by atoms with Gasteiger partial charge in [-0.15, -0.1) is 0 Å². The molecule has 1 unspecified atom stereocenters. The number of carbonyl (C=O) groups is 2. The van der Waals surface area contributed by atoms with E-state index in [1.807, 2.05) is 0 Å². The number of amides is 2. The fraction of sp³-hybridized carbons (Fsp3) is 0.250. The van der Waals surface area contributed by atoms with Crippen LogP contribution in [0.3, 0.4) is 0 Å². The van der Waals surface area contributed by atoms with Gasteiger partial charge in [-0.05, 0) is 6.07 Å². The summed E-state index contributed by atoms with van der Waals surface area (Å²) in [7, 11) is 1.67. The lowest BCUT2D eigenvalue weighted by Crippen LogP contribution is -2.40. The minimum absolute atomic E-state index is 0.252. The second kappa shape index (κ2) is 5.91. The Labute approximate surface area is 114 Å². The number of carbonyl (C=O) groups excluding carboxylic acids is 1. The number of aliphatic carboxylic acids is 1. The van der Waals surface area contributed by atoms with Gasteiger partial charge in [0, 0.05) is 30.9 Å². The Morgan fingerprint density at radius 2 is 2.35 bits per heavy atom. The first-order chi connectivity index (χ1) is 9.56. The monoisotopic (exact) mass is 278 g/mol. The maximum absolute atomic E-state index is 11.7. The summed E-state index contributed by atoms with van der Waals surface area (Å²) < 4.78 is 6.33. The summed E-state index contributed by atoms with van der Waals surface area (Å²) in [5, 5.41) is 17.9. The Balaban J connectivity index is 1.94. The normalized spacial score (nSPS) is 11.8. The fourth-order valence-electron chi connectivity index (χ4n) is 1.63. The summed E-state index contributed by atoms with van der Waals surface area (Å²) >= 11 is 0. The van der Waals surface area contributed by atoms with Gasteiger partial charge in [-0.3, -0.25) is 4.68 Å². The van der Waals surface area contributed by atoms with Crippen LogP contribution in [0, 0.1) is 0 Å². The molecule has 0 bridgehead atoms. The second-order valence-corrected chi connectivity index (χ2v) is 4.18. The van der Waals surface area contributed by atoms with Crippen LogP contribution < -0.4 is 10.6 Å². The Morgan fingerprint density at radius 3 is 2.90 bits per heavy atom. The number of hydrogen-bond acceptors (Lipinski definition) is 4. The van der Waals surface area contributed by atoms with Gasteiger partial charge in [0.15, 0.2) is 6.04 Å². The van der Waals surface area contributed by atoms with Crippen LogP contribution in [0.15, 0.2) is 35.4 Å². The average molecular weight is 278 g/mol. The first kappa shape index (κ1) is 13.7. The van der Waals surface area contributed by atoms with Crippen LogP contribution in [0.5, 0.6) is 0 Å². The average Bonchev–Trinajstić information content (AvgIpc) is 3.04. The Hall–Kier alpha value is -2.77. The fourth-order valence-corrected chi connectivity index (χ4v) is 1.63. The van der Waals surface area contributed by atoms with E-state index < -0.39 is 18.0 Å². The van der Waals surface area contributed by atoms with Crippen LogP contribution >= 0.6 is 0 Å². The van der Waals surface area contributed by atoms with Crippen molar-refractivity contribution in [3.05, 3.63) is 42.1 Å². The number of aromatic nitrogens is 2. The molecule has 0 radical (unpaired) electrons. The van der Waals surface area contributed by atoms with Crippen LogP contribution in [-0.2, 0) is 18.4 Å². The third-order valence-electron chi connectivity index (χ3n) is 2.61. The number of hydrogen-bond donors (Lipinski definition) is 3. The highest BCUT2D eigenvalue weighted by Gasteiger charge is 2.23. The number of carboxylic acids is 1. The van der Waals surface area contributed by atoms with Crippen molar-refractivity contribution in [2.24, 2.45) is 7.05 Å². The van der Waals surface area contributed by atoms with Crippen molar-refractivity contribution in [1.82, 2.24) is 20.4 Å². The molecule has 0 saturated carbocycles. The van der Waals surface area contributed by atoms with E-state index in [4.69, 9.17) is 9.52 Å². The van der Waals surface area contributed by atoms with Gasteiger partial charge in [0.2, 0.25) is 0 Å². The topological polar surface area (TPSA) is 109 Å². The zero-order valence-corrected chi connectivity index (χ0v) is 10.7. The number of nitrogens with zero attached hydrogens (tertiary/aromatic N) is 2. The van der Waals surface area contributed by atoms with Crippen molar-refractivity contribution in [2.45, 2.75) is 12.6 Å². The smallest absolute Gasteiger partial charge is 0.331 e. The Kier molecular flexibility index (Phi) is 4.04. The lowest BCUT2D eigenvalue weighted by molar-refractivity contribution is -0.139. The molecule has 3 N–H and O–H groups in total. The molecule has 106 valence electrons. The van der Waals surface area contributed by atoms with Crippen LogP contribution in [0.1, 0.15) is 17.2 Å². The molecule has 2 aromatic rings. The molecule has 2 heterocycles. The van der Waals surface area contributed by atoms with Crippen molar-refractivity contribution in [1.29, 1.82) is 0 Å². The lowest BCUT2D eigenvalue weighted by Gasteiger charge is -2.13. The number of carboxylic acid groups (broad SMARTS) is 1. The maximum Gasteiger partial charge on any atom is 0.331 e. The number of urea groups is 1. The minimum atomic E-state index is -1.16. The molecule has 0 aliphatic heterocycles. The van der Waals surface area contributed by atoms with E-state index in [0.717, 1.165) is 5.56 Å². The van der Waals surface area contributed by atoms with Gasteiger partial charge >= 0.3 is 12.0 Å². The molecule has 20 heavy (non-hydrogen) atoms. The third kappa shape index (κ3) is 3.37. The van der Waals surface area contributed by atoms with Gasteiger partial charge in [-0.2, -0.15) is 5.10 Å². The van der Waals surface area contributed by atoms with Crippen molar-refractivity contribution in [3.63, 3.8) is 0 Å². The molecule has 1 atom stereocenters. The van der Waals surface area contributed by atoms with E-state index in [1.165, 1.54) is 29.6 Å². The molecule has 2 aromatic heterocycles. The van der Waals surface area contributed by atoms with Crippen molar-refractivity contribution in [3.8, 4) is 0 Å². The molecule has 0 fully saturated rings. The highest BCUT2D eigenvalue weighted by Crippen LogP contribution is 2.11. The largest absolute Gasteiger partial charge is 0.479 e. The van der Waals surface area contributed by atoms with Gasteiger partial charge in [-0.25, -0.2) is 9.59 Å². The predicted molar refractivity (Wildman–Crippen MR) is 67.7 cm³/mol. The summed E-state index contributed by atoms with van der Waals surface area (Å²) in [4.78, 5) is 22.9. The molecule has 0 aliphatic rings. The SMILES string of the molecule is Cn1cc(C(NC(=O)NCc2ccoc2)C(=O)O)cn1. The van der Waals surface area contributed by atoms with Crippen LogP contribution in [0.2, 0.25) is 0 Å². The third-order valence-corrected chi connectivity index (χ3v) is 2.61. The highest BCUT2D eigenvalue weighted by molar-refractivity contribution is 5.83. The Morgan fingerprint density at radius 1 is 1.55 bits per heavy atom. The number of nitrogens with one attached hydrogen (secondary N) is 2. The molecule has 8 nitrogen and oxygen atoms in total. The zero-order valence-electron chi connectivity index (χ0n) is 10.7. The predicted octanol–water partition coefficient (Wildman–Crippen LogP) is 0.638. The van der Waals surface area contributed by atoms with Gasteiger partial charge in [0.25, 0.3) is 0 Å². The van der Waals surface area contributed by atoms with Crippen molar-refractivity contribution < 1.29 is 19.1 Å². The first-order valence-electron chi connectivity index (χ1n) is 5.83. The van der Waals surface area contributed by atoms with Gasteiger partial charge in [0.1, 0.15) is 0 Å². The molecule has 0 saturated heterocycles. The molecule has 8 heteroatoms. The van der Waals surface area contributed by atoms with Crippen molar-refractivity contribution >= 4 is 12.0 Å². The molecule has 0 spiro atoms. The van der Waals surface area contributed by atoms with E-state index in [2.05, 4.69) is 15.7 Å². The van der Waals surface area contributed by atoms with Crippen LogP contribution in [0.4, 0.5) is 4.79 Å². The molecular weight excluding hydrogens is 264 g/mol. The summed E-state index contributed by atoms with van der Waals surface area (Å²) in [5.74, 6) is -1.16. The molecule has 0 aliphatic carbocycles. The zero-order chi connectivity index (χ0) is 14.5. The van der Waals surface area contributed by atoms with Gasteiger partial charge in [0.05, 0.1) is 18.7 Å². The standard InChI is InChI=1S/C12H14N4O4/c1-16-6-9(5-14-16)10(11(17)18)15-12(19)13-4-8-2-3-20-7-8/h2-3,5-7,10H,4H2,1H3,(H,17,18)(H2,13,15,19). The molecule has 2 amide bonds. The summed E-state index contributed by atoms with van der Waals surface area (Å²) in [6.07, 6.45) is 5.92. The summed E-state index contributed by atoms with van der Waals surface area (Å²) in [6, 6.07) is -0.0219. The molecular formula is C12H14N4O4. The number of rotatable bonds is 5. The highest BCUT2D eigenvalue weighted by atomic mass is 16.4. The minimum Gasteiger partial charge on any atom is -0.479 e.